The van der Waals surface area contributed by atoms with Crippen LogP contribution in [0.3, 0.4) is 0 Å². The number of amides is 1. The van der Waals surface area contributed by atoms with Gasteiger partial charge < -0.3 is 4.90 Å². The lowest BCUT2D eigenvalue weighted by atomic mass is 10.1. The fraction of sp³-hybridized carbons (Fsp3) is 0.250. The molecular weight excluding hydrogens is 300 g/mol. The molecule has 0 aromatic heterocycles. The van der Waals surface area contributed by atoms with Gasteiger partial charge >= 0.3 is 0 Å². The van der Waals surface area contributed by atoms with Gasteiger partial charge in [0, 0.05) is 35.5 Å². The second-order valence-corrected chi connectivity index (χ2v) is 4.82. The van der Waals surface area contributed by atoms with Crippen molar-refractivity contribution in [2.45, 2.75) is 6.42 Å². The predicted octanol–water partition coefficient (Wildman–Crippen LogP) is 2.34. The van der Waals surface area contributed by atoms with Gasteiger partial charge in [-0.05, 0) is 22.0 Å². The van der Waals surface area contributed by atoms with Crippen molar-refractivity contribution in [1.82, 2.24) is 0 Å². The van der Waals surface area contributed by atoms with Crippen molar-refractivity contribution in [3.8, 4) is 12.3 Å². The lowest BCUT2D eigenvalue weighted by Gasteiger charge is -2.17. The van der Waals surface area contributed by atoms with Crippen molar-refractivity contribution in [2.24, 2.45) is 5.92 Å². The van der Waals surface area contributed by atoms with Crippen molar-refractivity contribution < 1.29 is 9.72 Å². The predicted molar refractivity (Wildman–Crippen MR) is 70.1 cm³/mol. The third kappa shape index (κ3) is 2.22. The molecule has 0 bridgehead atoms. The van der Waals surface area contributed by atoms with E-state index in [0.29, 0.717) is 23.1 Å². The minimum Gasteiger partial charge on any atom is -0.310 e. The van der Waals surface area contributed by atoms with Crippen LogP contribution in [0.15, 0.2) is 22.7 Å². The lowest BCUT2D eigenvalue weighted by Crippen LogP contribution is -2.24. The second kappa shape index (κ2) is 4.78. The second-order valence-electron chi connectivity index (χ2n) is 3.96. The molecule has 0 radical (unpaired) electrons. The Morgan fingerprint density at radius 2 is 2.28 bits per heavy atom. The molecule has 18 heavy (non-hydrogen) atoms. The largest absolute Gasteiger partial charge is 0.310 e. The van der Waals surface area contributed by atoms with Crippen molar-refractivity contribution >= 4 is 33.2 Å². The molecule has 1 aromatic rings. The van der Waals surface area contributed by atoms with E-state index in [1.54, 1.807) is 11.0 Å². The standard InChI is InChI=1S/C12H9BrN2O3/c1-2-8-5-12(16)14(7-8)11-4-3-9(15(17)18)6-10(11)13/h1,3-4,6,8H,5,7H2. The number of hydrogen-bond donors (Lipinski definition) is 0. The van der Waals surface area contributed by atoms with Gasteiger partial charge in [-0.2, -0.15) is 0 Å². The number of benzene rings is 1. The van der Waals surface area contributed by atoms with Gasteiger partial charge in [-0.15, -0.1) is 12.3 Å². The molecule has 0 N–H and O–H groups in total. The van der Waals surface area contributed by atoms with Gasteiger partial charge in [0.25, 0.3) is 5.69 Å². The smallest absolute Gasteiger partial charge is 0.270 e. The molecule has 1 fully saturated rings. The Morgan fingerprint density at radius 1 is 1.56 bits per heavy atom. The normalized spacial score (nSPS) is 18.8. The average molecular weight is 309 g/mol. The van der Waals surface area contributed by atoms with E-state index in [4.69, 9.17) is 6.42 Å². The minimum atomic E-state index is -0.482. The fourth-order valence-electron chi connectivity index (χ4n) is 1.88. The molecule has 1 heterocycles. The van der Waals surface area contributed by atoms with Gasteiger partial charge in [-0.25, -0.2) is 0 Å². The molecule has 1 amide bonds. The van der Waals surface area contributed by atoms with E-state index in [-0.39, 0.29) is 17.5 Å². The number of terminal acetylenes is 1. The van der Waals surface area contributed by atoms with Crippen LogP contribution in [0.25, 0.3) is 0 Å². The number of nitro groups is 1. The van der Waals surface area contributed by atoms with Crippen LogP contribution in [0.5, 0.6) is 0 Å². The van der Waals surface area contributed by atoms with Crippen molar-refractivity contribution in [3.63, 3.8) is 0 Å². The Kier molecular flexibility index (Phi) is 3.34. The maximum atomic E-state index is 11.8. The minimum absolute atomic E-state index is 0.0224. The number of rotatable bonds is 2. The summed E-state index contributed by atoms with van der Waals surface area (Å²) in [7, 11) is 0. The molecule has 1 aliphatic rings. The quantitative estimate of drug-likeness (QED) is 0.478. The zero-order valence-corrected chi connectivity index (χ0v) is 10.9. The molecule has 1 aromatic carbocycles. The fourth-order valence-corrected chi connectivity index (χ4v) is 2.46. The highest BCUT2D eigenvalue weighted by Crippen LogP contribution is 2.33. The highest BCUT2D eigenvalue weighted by molar-refractivity contribution is 9.10. The first-order valence-corrected chi connectivity index (χ1v) is 6.02. The van der Waals surface area contributed by atoms with Crippen molar-refractivity contribution in [3.05, 3.63) is 32.8 Å². The monoisotopic (exact) mass is 308 g/mol. The summed E-state index contributed by atoms with van der Waals surface area (Å²) in [6.07, 6.45) is 5.63. The zero-order valence-electron chi connectivity index (χ0n) is 9.30. The van der Waals surface area contributed by atoms with Crippen LogP contribution >= 0.6 is 15.9 Å². The molecule has 0 saturated carbocycles. The van der Waals surface area contributed by atoms with Crippen LogP contribution in [0.4, 0.5) is 11.4 Å². The molecule has 5 nitrogen and oxygen atoms in total. The molecule has 1 aliphatic heterocycles. The van der Waals surface area contributed by atoms with E-state index in [0.717, 1.165) is 0 Å². The van der Waals surface area contributed by atoms with Gasteiger partial charge in [-0.1, -0.05) is 0 Å². The van der Waals surface area contributed by atoms with Crippen LogP contribution < -0.4 is 4.90 Å². The Morgan fingerprint density at radius 3 is 2.78 bits per heavy atom. The summed E-state index contributed by atoms with van der Waals surface area (Å²) in [4.78, 5) is 23.5. The summed E-state index contributed by atoms with van der Waals surface area (Å²) in [6.45, 7) is 0.450. The molecule has 92 valence electrons. The van der Waals surface area contributed by atoms with Crippen molar-refractivity contribution in [2.75, 3.05) is 11.4 Å². The highest BCUT2D eigenvalue weighted by Gasteiger charge is 2.30. The average Bonchev–Trinajstić information content (AvgIpc) is 2.70. The highest BCUT2D eigenvalue weighted by atomic mass is 79.9. The zero-order chi connectivity index (χ0) is 13.3. The third-order valence-corrected chi connectivity index (χ3v) is 3.43. The number of anilines is 1. The van der Waals surface area contributed by atoms with Gasteiger partial charge in [0.2, 0.25) is 5.91 Å². The summed E-state index contributed by atoms with van der Waals surface area (Å²) in [6, 6.07) is 4.31. The topological polar surface area (TPSA) is 63.5 Å². The summed E-state index contributed by atoms with van der Waals surface area (Å²) in [5.41, 5.74) is 0.592. The van der Waals surface area contributed by atoms with E-state index in [1.807, 2.05) is 0 Å². The van der Waals surface area contributed by atoms with Crippen LogP contribution in [0.2, 0.25) is 0 Å². The van der Waals surface area contributed by atoms with E-state index in [9.17, 15) is 14.9 Å². The molecule has 2 rings (SSSR count). The molecular formula is C12H9BrN2O3. The summed E-state index contributed by atoms with van der Waals surface area (Å²) in [5, 5.41) is 10.6. The van der Waals surface area contributed by atoms with Gasteiger partial charge in [0.15, 0.2) is 0 Å². The number of halogens is 1. The van der Waals surface area contributed by atoms with E-state index in [2.05, 4.69) is 21.9 Å². The molecule has 0 aliphatic carbocycles. The molecule has 0 spiro atoms. The number of carbonyl (C=O) groups is 1. The van der Waals surface area contributed by atoms with Crippen molar-refractivity contribution in [1.29, 1.82) is 0 Å². The summed E-state index contributed by atoms with van der Waals surface area (Å²) < 4.78 is 0.516. The van der Waals surface area contributed by atoms with Gasteiger partial charge in [-0.3, -0.25) is 14.9 Å². The maximum absolute atomic E-state index is 11.8. The van der Waals surface area contributed by atoms with E-state index in [1.165, 1.54) is 12.1 Å². The van der Waals surface area contributed by atoms with Gasteiger partial charge in [0.05, 0.1) is 10.6 Å². The molecule has 6 heteroatoms. The first-order chi connectivity index (χ1) is 8.52. The first-order valence-electron chi connectivity index (χ1n) is 5.23. The Balaban J connectivity index is 2.33. The van der Waals surface area contributed by atoms with Crippen LogP contribution in [-0.4, -0.2) is 17.4 Å². The van der Waals surface area contributed by atoms with E-state index >= 15 is 0 Å². The Bertz CT molecular complexity index is 565. The van der Waals surface area contributed by atoms with Gasteiger partial charge in [0.1, 0.15) is 0 Å². The SMILES string of the molecule is C#CC1CC(=O)N(c2ccc([N+](=O)[O-])cc2Br)C1. The van der Waals surface area contributed by atoms with Crippen LogP contribution in [0, 0.1) is 28.4 Å². The van der Waals surface area contributed by atoms with Crippen LogP contribution in [0.1, 0.15) is 6.42 Å². The molecule has 1 saturated heterocycles. The number of hydrogen-bond acceptors (Lipinski definition) is 3. The number of nitro benzene ring substituents is 1. The molecule has 1 unspecified atom stereocenters. The number of nitrogens with zero attached hydrogens (tertiary/aromatic N) is 2. The lowest BCUT2D eigenvalue weighted by molar-refractivity contribution is -0.384. The molecule has 1 atom stereocenters. The third-order valence-electron chi connectivity index (χ3n) is 2.79. The number of carbonyl (C=O) groups excluding carboxylic acids is 1. The Hall–Kier alpha value is -1.87. The maximum Gasteiger partial charge on any atom is 0.270 e. The number of non-ortho nitro benzene ring substituents is 1. The first kappa shape index (κ1) is 12.6. The van der Waals surface area contributed by atoms with Crippen LogP contribution in [-0.2, 0) is 4.79 Å². The summed E-state index contributed by atoms with van der Waals surface area (Å²) in [5.74, 6) is 2.40. The summed E-state index contributed by atoms with van der Waals surface area (Å²) >= 11 is 3.24. The van der Waals surface area contributed by atoms with E-state index < -0.39 is 4.92 Å². The Labute approximate surface area is 112 Å².